The molecule has 2 aliphatic rings. The normalized spacial score (nSPS) is 24.8. The zero-order chi connectivity index (χ0) is 18.3. The van der Waals surface area contributed by atoms with Gasteiger partial charge in [0.05, 0.1) is 5.41 Å². The molecule has 2 fully saturated rings. The Kier molecular flexibility index (Phi) is 4.13. The number of amides is 2. The number of carbonyl (C=O) groups excluding carboxylic acids is 1. The first-order chi connectivity index (χ1) is 12.5. The number of H-pyrrole nitrogens is 1. The van der Waals surface area contributed by atoms with Crippen molar-refractivity contribution in [3.8, 4) is 0 Å². The van der Waals surface area contributed by atoms with Crippen LogP contribution in [0.3, 0.4) is 0 Å². The number of rotatable bonds is 4. The second-order valence-corrected chi connectivity index (χ2v) is 7.78. The van der Waals surface area contributed by atoms with Gasteiger partial charge in [0.25, 0.3) is 0 Å². The monoisotopic (exact) mass is 355 g/mol. The largest absolute Gasteiger partial charge is 0.481 e. The summed E-state index contributed by atoms with van der Waals surface area (Å²) in [7, 11) is 0. The standard InChI is InChI=1S/C20H25N3O3/c1-13-4-5-16-14(10-22-17(16)9-13)6-8-21-19(26)23-11-15-3-2-7-20(15,12-23)18(24)25/h4-5,9-10,15,22H,2-3,6-8,11-12H2,1H3,(H,21,26)(H,24,25)/t15-,20+/m0/s1. The molecule has 0 unspecified atom stereocenters. The van der Waals surface area contributed by atoms with Crippen LogP contribution in [0.4, 0.5) is 4.79 Å². The Morgan fingerprint density at radius 3 is 3.04 bits per heavy atom. The first kappa shape index (κ1) is 16.9. The van der Waals surface area contributed by atoms with Gasteiger partial charge in [0.1, 0.15) is 0 Å². The highest BCUT2D eigenvalue weighted by Gasteiger charge is 2.55. The lowest BCUT2D eigenvalue weighted by atomic mass is 9.81. The highest BCUT2D eigenvalue weighted by molar-refractivity contribution is 5.84. The van der Waals surface area contributed by atoms with Gasteiger partial charge in [0.2, 0.25) is 0 Å². The lowest BCUT2D eigenvalue weighted by Gasteiger charge is -2.23. The number of carboxylic acid groups (broad SMARTS) is 1. The molecule has 1 aliphatic heterocycles. The van der Waals surface area contributed by atoms with E-state index in [1.54, 1.807) is 4.90 Å². The van der Waals surface area contributed by atoms with Crippen molar-refractivity contribution < 1.29 is 14.7 Å². The quantitative estimate of drug-likeness (QED) is 0.788. The van der Waals surface area contributed by atoms with Gasteiger partial charge in [-0.3, -0.25) is 4.79 Å². The number of aryl methyl sites for hydroxylation is 1. The predicted octanol–water partition coefficient (Wildman–Crippen LogP) is 2.92. The van der Waals surface area contributed by atoms with E-state index in [1.807, 2.05) is 6.20 Å². The Morgan fingerprint density at radius 1 is 1.42 bits per heavy atom. The first-order valence-electron chi connectivity index (χ1n) is 9.32. The van der Waals surface area contributed by atoms with Crippen LogP contribution in [0.25, 0.3) is 10.9 Å². The highest BCUT2D eigenvalue weighted by atomic mass is 16.4. The van der Waals surface area contributed by atoms with Crippen molar-refractivity contribution in [1.29, 1.82) is 0 Å². The number of nitrogens with one attached hydrogen (secondary N) is 2. The van der Waals surface area contributed by atoms with Crippen molar-refractivity contribution in [3.05, 3.63) is 35.5 Å². The number of likely N-dealkylation sites (tertiary alicyclic amines) is 1. The number of aromatic amines is 1. The highest BCUT2D eigenvalue weighted by Crippen LogP contribution is 2.48. The molecule has 138 valence electrons. The van der Waals surface area contributed by atoms with E-state index in [4.69, 9.17) is 0 Å². The number of nitrogens with zero attached hydrogens (tertiary/aromatic N) is 1. The lowest BCUT2D eigenvalue weighted by Crippen LogP contribution is -2.42. The number of aromatic nitrogens is 1. The summed E-state index contributed by atoms with van der Waals surface area (Å²) in [6, 6.07) is 6.17. The van der Waals surface area contributed by atoms with Crippen LogP contribution < -0.4 is 5.32 Å². The van der Waals surface area contributed by atoms with E-state index in [1.165, 1.54) is 16.5 Å². The number of hydrogen-bond acceptors (Lipinski definition) is 2. The van der Waals surface area contributed by atoms with Crippen molar-refractivity contribution in [3.63, 3.8) is 0 Å². The Bertz CT molecular complexity index is 859. The number of carboxylic acids is 1. The molecule has 2 aromatic rings. The topological polar surface area (TPSA) is 85.4 Å². The zero-order valence-corrected chi connectivity index (χ0v) is 15.0. The fourth-order valence-corrected chi connectivity index (χ4v) is 4.72. The molecule has 0 bridgehead atoms. The second-order valence-electron chi connectivity index (χ2n) is 7.78. The molecule has 3 N–H and O–H groups in total. The summed E-state index contributed by atoms with van der Waals surface area (Å²) in [6.45, 7) is 3.51. The second kappa shape index (κ2) is 6.34. The minimum Gasteiger partial charge on any atom is -0.481 e. The number of carbonyl (C=O) groups is 2. The van der Waals surface area contributed by atoms with Crippen molar-refractivity contribution in [2.45, 2.75) is 32.6 Å². The molecular formula is C20H25N3O3. The average Bonchev–Trinajstić information content (AvgIpc) is 3.26. The van der Waals surface area contributed by atoms with Crippen LogP contribution in [0, 0.1) is 18.3 Å². The number of benzene rings is 1. The van der Waals surface area contributed by atoms with Gasteiger partial charge >= 0.3 is 12.0 Å². The van der Waals surface area contributed by atoms with Crippen molar-refractivity contribution in [1.82, 2.24) is 15.2 Å². The third-order valence-corrected chi connectivity index (χ3v) is 6.18. The molecule has 4 rings (SSSR count). The fraction of sp³-hybridized carbons (Fsp3) is 0.500. The molecule has 2 amide bonds. The maximum absolute atomic E-state index is 12.5. The van der Waals surface area contributed by atoms with E-state index in [0.717, 1.165) is 24.8 Å². The molecule has 0 spiro atoms. The van der Waals surface area contributed by atoms with Gasteiger partial charge < -0.3 is 20.3 Å². The third-order valence-electron chi connectivity index (χ3n) is 6.18. The van der Waals surface area contributed by atoms with Crippen LogP contribution >= 0.6 is 0 Å². The van der Waals surface area contributed by atoms with Crippen LogP contribution in [-0.4, -0.2) is 46.6 Å². The lowest BCUT2D eigenvalue weighted by molar-refractivity contribution is -0.149. The van der Waals surface area contributed by atoms with Crippen LogP contribution in [0.5, 0.6) is 0 Å². The van der Waals surface area contributed by atoms with E-state index in [-0.39, 0.29) is 11.9 Å². The molecule has 1 aliphatic carbocycles. The van der Waals surface area contributed by atoms with Gasteiger partial charge in [-0.25, -0.2) is 4.79 Å². The Hall–Kier alpha value is -2.50. The van der Waals surface area contributed by atoms with E-state index in [0.29, 0.717) is 26.1 Å². The molecule has 6 heteroatoms. The number of fused-ring (bicyclic) bond motifs is 2. The maximum atomic E-state index is 12.5. The fourth-order valence-electron chi connectivity index (χ4n) is 4.72. The van der Waals surface area contributed by atoms with E-state index >= 15 is 0 Å². The minimum atomic E-state index is -0.746. The molecule has 2 heterocycles. The minimum absolute atomic E-state index is 0.0996. The van der Waals surface area contributed by atoms with Gasteiger partial charge in [-0.2, -0.15) is 0 Å². The summed E-state index contributed by atoms with van der Waals surface area (Å²) >= 11 is 0. The summed E-state index contributed by atoms with van der Waals surface area (Å²) in [5.74, 6) is -0.646. The first-order valence-corrected chi connectivity index (χ1v) is 9.32. The predicted molar refractivity (Wildman–Crippen MR) is 99.1 cm³/mol. The molecule has 0 radical (unpaired) electrons. The van der Waals surface area contributed by atoms with E-state index in [9.17, 15) is 14.7 Å². The van der Waals surface area contributed by atoms with Crippen molar-refractivity contribution >= 4 is 22.9 Å². The number of urea groups is 1. The van der Waals surface area contributed by atoms with Gasteiger partial charge in [0.15, 0.2) is 0 Å². The molecular weight excluding hydrogens is 330 g/mol. The van der Waals surface area contributed by atoms with Crippen LogP contribution in [0.15, 0.2) is 24.4 Å². The summed E-state index contributed by atoms with van der Waals surface area (Å²) < 4.78 is 0. The summed E-state index contributed by atoms with van der Waals surface area (Å²) in [6.07, 6.45) is 5.29. The SMILES string of the molecule is Cc1ccc2c(CCNC(=O)N3C[C@@H]4CCC[C@@]4(C(=O)O)C3)c[nH]c2c1. The van der Waals surface area contributed by atoms with Gasteiger partial charge in [0, 0.05) is 36.7 Å². The Labute approximate surface area is 152 Å². The summed E-state index contributed by atoms with van der Waals surface area (Å²) in [5.41, 5.74) is 2.79. The number of aliphatic carboxylic acids is 1. The molecule has 1 saturated carbocycles. The molecule has 1 aromatic carbocycles. The third kappa shape index (κ3) is 2.73. The van der Waals surface area contributed by atoms with Crippen LogP contribution in [0.1, 0.15) is 30.4 Å². The number of hydrogen-bond donors (Lipinski definition) is 3. The smallest absolute Gasteiger partial charge is 0.317 e. The van der Waals surface area contributed by atoms with Crippen molar-refractivity contribution in [2.24, 2.45) is 11.3 Å². The molecule has 6 nitrogen and oxygen atoms in total. The van der Waals surface area contributed by atoms with E-state index < -0.39 is 11.4 Å². The maximum Gasteiger partial charge on any atom is 0.317 e. The average molecular weight is 355 g/mol. The van der Waals surface area contributed by atoms with Crippen LogP contribution in [-0.2, 0) is 11.2 Å². The Morgan fingerprint density at radius 2 is 2.27 bits per heavy atom. The van der Waals surface area contributed by atoms with Gasteiger partial charge in [-0.1, -0.05) is 18.6 Å². The summed E-state index contributed by atoms with van der Waals surface area (Å²) in [5, 5.41) is 13.8. The Balaban J connectivity index is 1.35. The summed E-state index contributed by atoms with van der Waals surface area (Å²) in [4.78, 5) is 29.2. The van der Waals surface area contributed by atoms with Crippen LogP contribution in [0.2, 0.25) is 0 Å². The molecule has 2 atom stereocenters. The molecule has 26 heavy (non-hydrogen) atoms. The van der Waals surface area contributed by atoms with E-state index in [2.05, 4.69) is 35.4 Å². The molecule has 1 saturated heterocycles. The van der Waals surface area contributed by atoms with Gasteiger partial charge in [-0.05, 0) is 49.3 Å². The zero-order valence-electron chi connectivity index (χ0n) is 15.0. The van der Waals surface area contributed by atoms with Gasteiger partial charge in [-0.15, -0.1) is 0 Å². The molecule has 1 aromatic heterocycles. The van der Waals surface area contributed by atoms with Crippen molar-refractivity contribution in [2.75, 3.05) is 19.6 Å².